The number of rotatable bonds is 3. The maximum Gasteiger partial charge on any atom is 0.264 e. The second-order valence-corrected chi connectivity index (χ2v) is 8.51. The van der Waals surface area contributed by atoms with Crippen molar-refractivity contribution in [3.05, 3.63) is 28.0 Å². The molecule has 0 N–H and O–H groups in total. The van der Waals surface area contributed by atoms with E-state index in [9.17, 15) is 17.6 Å². The van der Waals surface area contributed by atoms with Crippen LogP contribution in [0, 0.1) is 5.82 Å². The Morgan fingerprint density at radius 2 is 1.95 bits per heavy atom. The number of nitrogens with zero attached hydrogens (tertiary/aromatic N) is 1. The van der Waals surface area contributed by atoms with E-state index in [1.807, 2.05) is 0 Å². The van der Waals surface area contributed by atoms with E-state index in [4.69, 9.17) is 10.7 Å². The maximum absolute atomic E-state index is 14.3. The summed E-state index contributed by atoms with van der Waals surface area (Å²) in [6, 6.07) is 2.38. The predicted molar refractivity (Wildman–Crippen MR) is 81.5 cm³/mol. The monoisotopic (exact) mass is 397 g/mol. The van der Waals surface area contributed by atoms with Gasteiger partial charge < -0.3 is 4.90 Å². The van der Waals surface area contributed by atoms with Crippen LogP contribution in [0.25, 0.3) is 0 Å². The molecular weight excluding hydrogens is 385 g/mol. The Hall–Kier alpha value is -0.660. The number of amides is 1. The van der Waals surface area contributed by atoms with Crippen molar-refractivity contribution in [3.63, 3.8) is 0 Å². The molecule has 0 spiro atoms. The summed E-state index contributed by atoms with van der Waals surface area (Å²) >= 11 is 3.08. The zero-order valence-corrected chi connectivity index (χ0v) is 14.4. The highest BCUT2D eigenvalue weighted by molar-refractivity contribution is 9.10. The first-order valence-corrected chi connectivity index (χ1v) is 9.53. The molecule has 1 aliphatic rings. The molecule has 1 aliphatic carbocycles. The summed E-state index contributed by atoms with van der Waals surface area (Å²) in [5.74, 6) is -1.65. The molecule has 0 aromatic heterocycles. The van der Waals surface area contributed by atoms with Gasteiger partial charge in [0, 0.05) is 28.2 Å². The molecule has 0 atom stereocenters. The molecule has 116 valence electrons. The van der Waals surface area contributed by atoms with Gasteiger partial charge in [-0.3, -0.25) is 4.79 Å². The molecule has 21 heavy (non-hydrogen) atoms. The van der Waals surface area contributed by atoms with E-state index in [-0.39, 0.29) is 16.1 Å². The molecule has 1 amide bonds. The minimum Gasteiger partial charge on any atom is -0.339 e. The van der Waals surface area contributed by atoms with Gasteiger partial charge in [0.15, 0.2) is 5.82 Å². The van der Waals surface area contributed by atoms with Gasteiger partial charge in [0.05, 0.1) is 5.56 Å². The fourth-order valence-electron chi connectivity index (χ4n) is 2.54. The highest BCUT2D eigenvalue weighted by Crippen LogP contribution is 2.29. The van der Waals surface area contributed by atoms with Crippen LogP contribution in [0.15, 0.2) is 21.5 Å². The summed E-state index contributed by atoms with van der Waals surface area (Å²) < 4.78 is 37.4. The zero-order chi connectivity index (χ0) is 15.8. The van der Waals surface area contributed by atoms with Gasteiger partial charge in [0.1, 0.15) is 4.90 Å². The van der Waals surface area contributed by atoms with Gasteiger partial charge in [-0.1, -0.05) is 28.8 Å². The van der Waals surface area contributed by atoms with E-state index >= 15 is 0 Å². The van der Waals surface area contributed by atoms with Gasteiger partial charge in [-0.05, 0) is 25.0 Å². The summed E-state index contributed by atoms with van der Waals surface area (Å²) in [7, 11) is 2.55. The van der Waals surface area contributed by atoms with Crippen LogP contribution in [0.2, 0.25) is 0 Å². The fraction of sp³-hybridized carbons (Fsp3) is 0.462. The van der Waals surface area contributed by atoms with Crippen LogP contribution >= 0.6 is 26.6 Å². The molecule has 1 aromatic carbocycles. The molecule has 0 radical (unpaired) electrons. The second-order valence-electron chi connectivity index (χ2n) is 5.06. The lowest BCUT2D eigenvalue weighted by Crippen LogP contribution is -2.35. The van der Waals surface area contributed by atoms with Gasteiger partial charge in [-0.15, -0.1) is 0 Å². The molecule has 1 saturated carbocycles. The van der Waals surface area contributed by atoms with Gasteiger partial charge >= 0.3 is 0 Å². The average Bonchev–Trinajstić information content (AvgIpc) is 2.92. The third-order valence-electron chi connectivity index (χ3n) is 3.69. The Bertz CT molecular complexity index is 674. The van der Waals surface area contributed by atoms with Crippen molar-refractivity contribution in [3.8, 4) is 0 Å². The van der Waals surface area contributed by atoms with Crippen molar-refractivity contribution in [2.24, 2.45) is 0 Å². The fourth-order valence-corrected chi connectivity index (χ4v) is 4.08. The SMILES string of the molecule is CN(C(=O)c1cc(Br)cc(S(=O)(=O)Cl)c1F)C1CCCC1. The van der Waals surface area contributed by atoms with E-state index in [0.717, 1.165) is 31.7 Å². The van der Waals surface area contributed by atoms with Crippen LogP contribution in [0.1, 0.15) is 36.0 Å². The zero-order valence-electron chi connectivity index (χ0n) is 11.3. The third-order valence-corrected chi connectivity index (χ3v) is 5.47. The Labute approximate surface area is 135 Å². The van der Waals surface area contributed by atoms with Gasteiger partial charge in [0.2, 0.25) is 0 Å². The first kappa shape index (κ1) is 16.7. The number of benzene rings is 1. The Morgan fingerprint density at radius 3 is 2.48 bits per heavy atom. The lowest BCUT2D eigenvalue weighted by molar-refractivity contribution is 0.0729. The number of carbonyl (C=O) groups is 1. The molecule has 0 bridgehead atoms. The first-order chi connectivity index (χ1) is 9.71. The van der Waals surface area contributed by atoms with E-state index < -0.39 is 25.7 Å². The van der Waals surface area contributed by atoms with Crippen molar-refractivity contribution in [2.75, 3.05) is 7.05 Å². The van der Waals surface area contributed by atoms with E-state index in [2.05, 4.69) is 15.9 Å². The van der Waals surface area contributed by atoms with Crippen molar-refractivity contribution in [2.45, 2.75) is 36.6 Å². The van der Waals surface area contributed by atoms with Crippen LogP contribution in [0.3, 0.4) is 0 Å². The van der Waals surface area contributed by atoms with Crippen molar-refractivity contribution in [1.29, 1.82) is 0 Å². The third kappa shape index (κ3) is 3.57. The smallest absolute Gasteiger partial charge is 0.264 e. The van der Waals surface area contributed by atoms with E-state index in [0.29, 0.717) is 0 Å². The van der Waals surface area contributed by atoms with Gasteiger partial charge in [0.25, 0.3) is 15.0 Å². The Kier molecular flexibility index (Phi) is 4.95. The van der Waals surface area contributed by atoms with Crippen LogP contribution in [0.4, 0.5) is 4.39 Å². The summed E-state index contributed by atoms with van der Waals surface area (Å²) in [5, 5.41) is 0. The van der Waals surface area contributed by atoms with Crippen molar-refractivity contribution in [1.82, 2.24) is 4.90 Å². The van der Waals surface area contributed by atoms with Crippen LogP contribution in [0.5, 0.6) is 0 Å². The predicted octanol–water partition coefficient (Wildman–Crippen LogP) is 3.53. The number of hydrogen-bond donors (Lipinski definition) is 0. The van der Waals surface area contributed by atoms with Crippen molar-refractivity contribution >= 4 is 41.6 Å². The Morgan fingerprint density at radius 1 is 1.38 bits per heavy atom. The minimum atomic E-state index is -4.26. The van der Waals surface area contributed by atoms with Crippen LogP contribution in [-0.4, -0.2) is 32.3 Å². The normalized spacial score (nSPS) is 16.2. The van der Waals surface area contributed by atoms with Crippen molar-refractivity contribution < 1.29 is 17.6 Å². The summed E-state index contributed by atoms with van der Waals surface area (Å²) in [6.07, 6.45) is 3.81. The molecule has 4 nitrogen and oxygen atoms in total. The number of hydrogen-bond acceptors (Lipinski definition) is 3. The number of halogens is 3. The summed E-state index contributed by atoms with van der Waals surface area (Å²) in [5.41, 5.74) is -0.294. The lowest BCUT2D eigenvalue weighted by atomic mass is 10.1. The van der Waals surface area contributed by atoms with Crippen LogP contribution in [-0.2, 0) is 9.05 Å². The Balaban J connectivity index is 2.44. The molecule has 0 heterocycles. The molecule has 0 unspecified atom stereocenters. The molecule has 0 saturated heterocycles. The average molecular weight is 399 g/mol. The van der Waals surface area contributed by atoms with Gasteiger partial charge in [-0.25, -0.2) is 12.8 Å². The quantitative estimate of drug-likeness (QED) is 0.732. The molecule has 0 aliphatic heterocycles. The standard InChI is InChI=1S/C13H14BrClFNO3S/c1-17(9-4-2-3-5-9)13(18)10-6-8(14)7-11(12(10)16)21(15,19)20/h6-7,9H,2-5H2,1H3. The molecule has 1 fully saturated rings. The molecule has 2 rings (SSSR count). The topological polar surface area (TPSA) is 54.5 Å². The van der Waals surface area contributed by atoms with Crippen LogP contribution < -0.4 is 0 Å². The maximum atomic E-state index is 14.3. The van der Waals surface area contributed by atoms with E-state index in [1.165, 1.54) is 11.0 Å². The van der Waals surface area contributed by atoms with E-state index in [1.54, 1.807) is 7.05 Å². The lowest BCUT2D eigenvalue weighted by Gasteiger charge is -2.24. The molecular formula is C13H14BrClFNO3S. The van der Waals surface area contributed by atoms with Gasteiger partial charge in [-0.2, -0.15) is 0 Å². The highest BCUT2D eigenvalue weighted by atomic mass is 79.9. The second kappa shape index (κ2) is 6.22. The summed E-state index contributed by atoms with van der Waals surface area (Å²) in [6.45, 7) is 0. The minimum absolute atomic E-state index is 0.0620. The number of carbonyl (C=O) groups excluding carboxylic acids is 1. The molecule has 8 heteroatoms. The highest BCUT2D eigenvalue weighted by Gasteiger charge is 2.29. The largest absolute Gasteiger partial charge is 0.339 e. The first-order valence-electron chi connectivity index (χ1n) is 6.42. The summed E-state index contributed by atoms with van der Waals surface area (Å²) in [4.78, 5) is 13.2. The molecule has 1 aromatic rings.